The molecule has 4 nitrogen and oxygen atoms in total. The predicted molar refractivity (Wildman–Crippen MR) is 89.3 cm³/mol. The molecule has 23 heavy (non-hydrogen) atoms. The van der Waals surface area contributed by atoms with E-state index in [2.05, 4.69) is 5.32 Å². The molecule has 0 saturated heterocycles. The molecule has 120 valence electrons. The third-order valence-corrected chi connectivity index (χ3v) is 3.41. The highest BCUT2D eigenvalue weighted by atomic mass is 16.5. The molecule has 0 aliphatic rings. The van der Waals surface area contributed by atoms with Gasteiger partial charge in [-0.1, -0.05) is 60.7 Å². The number of carbonyl (C=O) groups excluding carboxylic acids is 2. The third kappa shape index (κ3) is 6.34. The predicted octanol–water partition coefficient (Wildman–Crippen LogP) is 3.97. The highest BCUT2D eigenvalue weighted by Gasteiger charge is 2.05. The minimum atomic E-state index is -0.428. The fraction of sp³-hybridized carbons (Fsp3) is 0.263. The van der Waals surface area contributed by atoms with Gasteiger partial charge in [-0.25, -0.2) is 4.79 Å². The summed E-state index contributed by atoms with van der Waals surface area (Å²) in [5, 5.41) is 2.69. The molecule has 2 aromatic carbocycles. The van der Waals surface area contributed by atoms with Crippen molar-refractivity contribution < 1.29 is 14.3 Å². The molecule has 1 N–H and O–H groups in total. The van der Waals surface area contributed by atoms with Crippen LogP contribution in [0.25, 0.3) is 0 Å². The topological polar surface area (TPSA) is 55.4 Å². The summed E-state index contributed by atoms with van der Waals surface area (Å²) in [5.41, 5.74) is 1.69. The molecule has 0 unspecified atom stereocenters. The molecule has 0 aromatic heterocycles. The number of unbranched alkanes of at least 4 members (excludes halogenated alkanes) is 1. The lowest BCUT2D eigenvalue weighted by Gasteiger charge is -2.07. The van der Waals surface area contributed by atoms with Crippen LogP contribution in [0, 0.1) is 0 Å². The molecule has 0 bridgehead atoms. The Morgan fingerprint density at radius 1 is 0.870 bits per heavy atom. The standard InChI is InChI=1S/C19H21NO3/c21-18(17-11-5-2-6-12-17)13-7-8-14-20-19(22)23-15-16-9-3-1-4-10-16/h1-6,9-12H,7-8,13-15H2,(H,20,22). The van der Waals surface area contributed by atoms with Gasteiger partial charge < -0.3 is 10.1 Å². The number of ketones is 1. The number of alkyl carbamates (subject to hydrolysis) is 1. The van der Waals surface area contributed by atoms with Gasteiger partial charge in [-0.2, -0.15) is 0 Å². The van der Waals surface area contributed by atoms with E-state index in [4.69, 9.17) is 4.74 Å². The van der Waals surface area contributed by atoms with Gasteiger partial charge in [0, 0.05) is 18.5 Å². The summed E-state index contributed by atoms with van der Waals surface area (Å²) in [6.45, 7) is 0.773. The first-order valence-corrected chi connectivity index (χ1v) is 7.78. The van der Waals surface area contributed by atoms with Crippen molar-refractivity contribution in [3.05, 3.63) is 71.8 Å². The van der Waals surface area contributed by atoms with Crippen LogP contribution in [0.1, 0.15) is 35.2 Å². The van der Waals surface area contributed by atoms with Gasteiger partial charge in [0.1, 0.15) is 6.61 Å². The highest BCUT2D eigenvalue weighted by molar-refractivity contribution is 5.95. The second-order valence-corrected chi connectivity index (χ2v) is 5.23. The molecule has 0 saturated carbocycles. The summed E-state index contributed by atoms with van der Waals surface area (Å²) in [6.07, 6.45) is 1.56. The molecule has 0 fully saturated rings. The van der Waals surface area contributed by atoms with Crippen LogP contribution in [0.3, 0.4) is 0 Å². The van der Waals surface area contributed by atoms with E-state index >= 15 is 0 Å². The number of hydrogen-bond donors (Lipinski definition) is 1. The second-order valence-electron chi connectivity index (χ2n) is 5.23. The van der Waals surface area contributed by atoms with Gasteiger partial charge in [-0.3, -0.25) is 4.79 Å². The Balaban J connectivity index is 1.55. The maximum atomic E-state index is 11.9. The quantitative estimate of drug-likeness (QED) is 0.593. The van der Waals surface area contributed by atoms with Crippen LogP contribution in [0.2, 0.25) is 0 Å². The second kappa shape index (κ2) is 9.41. The van der Waals surface area contributed by atoms with E-state index in [1.165, 1.54) is 0 Å². The van der Waals surface area contributed by atoms with E-state index in [0.717, 1.165) is 24.0 Å². The minimum Gasteiger partial charge on any atom is -0.445 e. The van der Waals surface area contributed by atoms with Crippen LogP contribution in [0.5, 0.6) is 0 Å². The van der Waals surface area contributed by atoms with Crippen molar-refractivity contribution in [2.24, 2.45) is 0 Å². The van der Waals surface area contributed by atoms with Gasteiger partial charge in [0.25, 0.3) is 0 Å². The Morgan fingerprint density at radius 2 is 1.52 bits per heavy atom. The fourth-order valence-corrected chi connectivity index (χ4v) is 2.14. The number of rotatable bonds is 8. The van der Waals surface area contributed by atoms with Gasteiger partial charge in [-0.05, 0) is 18.4 Å². The number of nitrogens with one attached hydrogen (secondary N) is 1. The van der Waals surface area contributed by atoms with E-state index in [1.54, 1.807) is 0 Å². The van der Waals surface area contributed by atoms with Crippen molar-refractivity contribution >= 4 is 11.9 Å². The van der Waals surface area contributed by atoms with Crippen LogP contribution in [-0.2, 0) is 11.3 Å². The number of ether oxygens (including phenoxy) is 1. The summed E-state index contributed by atoms with van der Waals surface area (Å²) >= 11 is 0. The first kappa shape index (κ1) is 16.7. The van der Waals surface area contributed by atoms with Gasteiger partial charge in [0.05, 0.1) is 0 Å². The molecule has 0 radical (unpaired) electrons. The Morgan fingerprint density at radius 3 is 2.22 bits per heavy atom. The largest absolute Gasteiger partial charge is 0.445 e. The van der Waals surface area contributed by atoms with Crippen molar-refractivity contribution in [1.82, 2.24) is 5.32 Å². The number of carbonyl (C=O) groups is 2. The zero-order chi connectivity index (χ0) is 16.3. The maximum Gasteiger partial charge on any atom is 0.407 e. The molecular formula is C19H21NO3. The van der Waals surface area contributed by atoms with Crippen LogP contribution in [-0.4, -0.2) is 18.4 Å². The average molecular weight is 311 g/mol. The molecule has 0 aliphatic heterocycles. The van der Waals surface area contributed by atoms with Crippen molar-refractivity contribution in [2.75, 3.05) is 6.54 Å². The third-order valence-electron chi connectivity index (χ3n) is 3.41. The van der Waals surface area contributed by atoms with Crippen LogP contribution in [0.4, 0.5) is 4.79 Å². The molecule has 2 rings (SSSR count). The van der Waals surface area contributed by atoms with Gasteiger partial charge in [0.2, 0.25) is 0 Å². The molecule has 1 amide bonds. The molecule has 2 aromatic rings. The molecule has 4 heteroatoms. The van der Waals surface area contributed by atoms with Crippen molar-refractivity contribution in [2.45, 2.75) is 25.9 Å². The summed E-state index contributed by atoms with van der Waals surface area (Å²) in [4.78, 5) is 23.4. The maximum absolute atomic E-state index is 11.9. The van der Waals surface area contributed by atoms with E-state index in [-0.39, 0.29) is 12.4 Å². The normalized spacial score (nSPS) is 10.1. The first-order valence-electron chi connectivity index (χ1n) is 7.78. The van der Waals surface area contributed by atoms with Crippen LogP contribution >= 0.6 is 0 Å². The Bertz CT molecular complexity index is 611. The van der Waals surface area contributed by atoms with E-state index < -0.39 is 6.09 Å². The zero-order valence-corrected chi connectivity index (χ0v) is 13.0. The minimum absolute atomic E-state index is 0.136. The van der Waals surface area contributed by atoms with Crippen LogP contribution < -0.4 is 5.32 Å². The summed E-state index contributed by atoms with van der Waals surface area (Å²) in [5.74, 6) is 0.136. The molecule has 0 spiro atoms. The van der Waals surface area contributed by atoms with E-state index in [0.29, 0.717) is 13.0 Å². The first-order chi connectivity index (χ1) is 11.3. The Hall–Kier alpha value is -2.62. The molecular weight excluding hydrogens is 290 g/mol. The van der Waals surface area contributed by atoms with Gasteiger partial charge >= 0.3 is 6.09 Å². The number of Topliss-reactive ketones (excluding diaryl/α,β-unsaturated/α-hetero) is 1. The number of hydrogen-bond acceptors (Lipinski definition) is 3. The monoisotopic (exact) mass is 311 g/mol. The fourth-order valence-electron chi connectivity index (χ4n) is 2.14. The highest BCUT2D eigenvalue weighted by Crippen LogP contribution is 2.06. The summed E-state index contributed by atoms with van der Waals surface area (Å²) in [7, 11) is 0. The molecule has 0 heterocycles. The summed E-state index contributed by atoms with van der Waals surface area (Å²) in [6, 6.07) is 18.8. The molecule has 0 aliphatic carbocycles. The summed E-state index contributed by atoms with van der Waals surface area (Å²) < 4.78 is 5.11. The number of benzene rings is 2. The van der Waals surface area contributed by atoms with E-state index in [9.17, 15) is 9.59 Å². The smallest absolute Gasteiger partial charge is 0.407 e. The lowest BCUT2D eigenvalue weighted by Crippen LogP contribution is -2.25. The van der Waals surface area contributed by atoms with E-state index in [1.807, 2.05) is 60.7 Å². The number of amides is 1. The molecule has 0 atom stereocenters. The van der Waals surface area contributed by atoms with Crippen molar-refractivity contribution in [1.29, 1.82) is 0 Å². The van der Waals surface area contributed by atoms with Crippen molar-refractivity contribution in [3.63, 3.8) is 0 Å². The van der Waals surface area contributed by atoms with Gasteiger partial charge in [0.15, 0.2) is 5.78 Å². The average Bonchev–Trinajstić information content (AvgIpc) is 2.61. The SMILES string of the molecule is O=C(NCCCCC(=O)c1ccccc1)OCc1ccccc1. The Labute approximate surface area is 136 Å². The zero-order valence-electron chi connectivity index (χ0n) is 13.0. The lowest BCUT2D eigenvalue weighted by molar-refractivity contribution is 0.0979. The van der Waals surface area contributed by atoms with Crippen molar-refractivity contribution in [3.8, 4) is 0 Å². The van der Waals surface area contributed by atoms with Gasteiger partial charge in [-0.15, -0.1) is 0 Å². The van der Waals surface area contributed by atoms with Crippen LogP contribution in [0.15, 0.2) is 60.7 Å². The lowest BCUT2D eigenvalue weighted by atomic mass is 10.1. The Kier molecular flexibility index (Phi) is 6.85.